The van der Waals surface area contributed by atoms with Crippen LogP contribution in [0.15, 0.2) is 101 Å². The molecule has 9 heteroatoms. The van der Waals surface area contributed by atoms with Gasteiger partial charge in [-0.15, -0.1) is 11.3 Å². The monoisotopic (exact) mass is 639 g/mol. The highest BCUT2D eigenvalue weighted by Gasteiger charge is 2.30. The molecule has 0 unspecified atom stereocenters. The van der Waals surface area contributed by atoms with Crippen LogP contribution in [-0.4, -0.2) is 31.4 Å². The van der Waals surface area contributed by atoms with Gasteiger partial charge in [-0.1, -0.05) is 59.6 Å². The third-order valence-corrected chi connectivity index (χ3v) is 10.3. The van der Waals surface area contributed by atoms with Crippen LogP contribution < -0.4 is 0 Å². The SMILES string of the molecule is Cc1ccc(S(=O)(=O)n2c(-c3cccc(-c4ccc(CN(C)C)cc4Cl)c3)c(-c3ccsc3C#N)c3cc(F)ccc32)cc1. The number of hydrogen-bond donors (Lipinski definition) is 0. The van der Waals surface area contributed by atoms with Gasteiger partial charge in [0, 0.05) is 39.2 Å². The van der Waals surface area contributed by atoms with Crippen molar-refractivity contribution in [3.8, 4) is 39.6 Å². The largest absolute Gasteiger partial charge is 0.305 e. The lowest BCUT2D eigenvalue weighted by Crippen LogP contribution is -2.14. The van der Waals surface area contributed by atoms with E-state index >= 15 is 0 Å². The van der Waals surface area contributed by atoms with Gasteiger partial charge in [0.1, 0.15) is 16.8 Å². The molecule has 0 aliphatic carbocycles. The van der Waals surface area contributed by atoms with Crippen LogP contribution in [0.3, 0.4) is 0 Å². The van der Waals surface area contributed by atoms with Crippen molar-refractivity contribution in [2.75, 3.05) is 14.1 Å². The molecule has 0 saturated heterocycles. The number of hydrogen-bond acceptors (Lipinski definition) is 5. The second kappa shape index (κ2) is 11.7. The summed E-state index contributed by atoms with van der Waals surface area (Å²) >= 11 is 8.03. The lowest BCUT2D eigenvalue weighted by Gasteiger charge is -2.16. The smallest absolute Gasteiger partial charge is 0.268 e. The zero-order valence-electron chi connectivity index (χ0n) is 24.2. The molecule has 0 bridgehead atoms. The zero-order chi connectivity index (χ0) is 31.2. The first-order chi connectivity index (χ1) is 21.1. The lowest BCUT2D eigenvalue weighted by atomic mass is 9.96. The van der Waals surface area contributed by atoms with Crippen LogP contribution >= 0.6 is 22.9 Å². The molecule has 0 amide bonds. The summed E-state index contributed by atoms with van der Waals surface area (Å²) in [7, 11) is -0.203. The molecule has 6 aromatic rings. The number of aryl methyl sites for hydroxylation is 1. The molecule has 6 rings (SSSR count). The van der Waals surface area contributed by atoms with Gasteiger partial charge in [0.25, 0.3) is 10.0 Å². The van der Waals surface area contributed by atoms with Crippen molar-refractivity contribution in [1.82, 2.24) is 8.87 Å². The average Bonchev–Trinajstić information content (AvgIpc) is 3.59. The second-order valence-corrected chi connectivity index (χ2v) is 14.0. The van der Waals surface area contributed by atoms with Crippen LogP contribution in [0, 0.1) is 24.1 Å². The van der Waals surface area contributed by atoms with E-state index in [0.29, 0.717) is 43.2 Å². The van der Waals surface area contributed by atoms with Gasteiger partial charge in [0.2, 0.25) is 0 Å². The molecular weight excluding hydrogens is 613 g/mol. The first kappa shape index (κ1) is 29.8. The predicted octanol–water partition coefficient (Wildman–Crippen LogP) is 8.97. The summed E-state index contributed by atoms with van der Waals surface area (Å²) in [6.07, 6.45) is 0. The van der Waals surface area contributed by atoms with Crippen molar-refractivity contribution in [2.45, 2.75) is 18.4 Å². The Balaban J connectivity index is 1.68. The fraction of sp³-hybridized carbons (Fsp3) is 0.114. The van der Waals surface area contributed by atoms with Crippen LogP contribution in [0.25, 0.3) is 44.4 Å². The Kier molecular flexibility index (Phi) is 7.91. The Morgan fingerprint density at radius 2 is 1.68 bits per heavy atom. The van der Waals surface area contributed by atoms with E-state index in [0.717, 1.165) is 28.8 Å². The number of halogens is 2. The Morgan fingerprint density at radius 3 is 2.39 bits per heavy atom. The number of thiophene rings is 1. The molecule has 4 aromatic carbocycles. The summed E-state index contributed by atoms with van der Waals surface area (Å²) in [6, 6.07) is 28.1. The number of aromatic nitrogens is 1. The standard InChI is InChI=1S/C35H27ClFN3O2S2/c1-22-7-11-27(12-8-22)44(41,42)40-32-14-10-26(37)19-30(32)34(29-15-16-43-33(29)20-38)35(40)25-6-4-5-24(18-25)28-13-9-23(17-31(28)36)21-39(2)3/h4-19H,21H2,1-3H3. The van der Waals surface area contributed by atoms with E-state index < -0.39 is 15.8 Å². The maximum Gasteiger partial charge on any atom is 0.268 e. The fourth-order valence-corrected chi connectivity index (χ4v) is 8.07. The van der Waals surface area contributed by atoms with Crippen LogP contribution in [-0.2, 0) is 16.6 Å². The highest BCUT2D eigenvalue weighted by molar-refractivity contribution is 7.90. The normalized spacial score (nSPS) is 11.8. The summed E-state index contributed by atoms with van der Waals surface area (Å²) < 4.78 is 45.1. The van der Waals surface area contributed by atoms with Crippen molar-refractivity contribution >= 4 is 43.9 Å². The molecule has 0 saturated carbocycles. The molecular formula is C35H27ClFN3O2S2. The van der Waals surface area contributed by atoms with Gasteiger partial charge in [-0.05, 0) is 86.1 Å². The lowest BCUT2D eigenvalue weighted by molar-refractivity contribution is 0.402. The Labute approximate surface area is 265 Å². The van der Waals surface area contributed by atoms with Gasteiger partial charge < -0.3 is 4.90 Å². The molecule has 0 radical (unpaired) electrons. The van der Waals surface area contributed by atoms with Crippen LogP contribution in [0.2, 0.25) is 5.02 Å². The van der Waals surface area contributed by atoms with E-state index in [1.165, 1.54) is 33.5 Å². The van der Waals surface area contributed by atoms with Gasteiger partial charge in [-0.25, -0.2) is 16.8 Å². The van der Waals surface area contributed by atoms with Gasteiger partial charge in [0.15, 0.2) is 0 Å². The maximum absolute atomic E-state index is 14.9. The van der Waals surface area contributed by atoms with Crippen molar-refractivity contribution in [2.24, 2.45) is 0 Å². The van der Waals surface area contributed by atoms with E-state index in [2.05, 4.69) is 11.0 Å². The van der Waals surface area contributed by atoms with E-state index in [1.807, 2.05) is 63.5 Å². The minimum atomic E-state index is -4.18. The first-order valence-corrected chi connectivity index (χ1v) is 16.5. The van der Waals surface area contributed by atoms with Crippen LogP contribution in [0.4, 0.5) is 4.39 Å². The van der Waals surface area contributed by atoms with Gasteiger partial charge in [-0.2, -0.15) is 5.26 Å². The molecule has 44 heavy (non-hydrogen) atoms. The number of nitriles is 1. The molecule has 5 nitrogen and oxygen atoms in total. The summed E-state index contributed by atoms with van der Waals surface area (Å²) in [6.45, 7) is 2.62. The third-order valence-electron chi connectivity index (χ3n) is 7.46. The summed E-state index contributed by atoms with van der Waals surface area (Å²) in [5.41, 5.74) is 5.80. The Hall–Kier alpha value is -4.26. The quantitative estimate of drug-likeness (QED) is 0.175. The maximum atomic E-state index is 14.9. The molecule has 2 heterocycles. The molecule has 0 spiro atoms. The molecule has 0 N–H and O–H groups in total. The number of benzene rings is 4. The Morgan fingerprint density at radius 1 is 0.932 bits per heavy atom. The van der Waals surface area contributed by atoms with Crippen molar-refractivity contribution in [3.05, 3.63) is 123 Å². The first-order valence-electron chi connectivity index (χ1n) is 13.8. The fourth-order valence-electron chi connectivity index (χ4n) is 5.52. The van der Waals surface area contributed by atoms with E-state index in [1.54, 1.807) is 35.7 Å². The summed E-state index contributed by atoms with van der Waals surface area (Å²) in [5, 5.41) is 12.7. The highest BCUT2D eigenvalue weighted by atomic mass is 35.5. The molecule has 0 aliphatic heterocycles. The summed E-state index contributed by atoms with van der Waals surface area (Å²) in [4.78, 5) is 2.56. The molecule has 0 atom stereocenters. The average molecular weight is 640 g/mol. The number of rotatable bonds is 7. The predicted molar refractivity (Wildman–Crippen MR) is 177 cm³/mol. The molecule has 2 aromatic heterocycles. The number of fused-ring (bicyclic) bond motifs is 1. The van der Waals surface area contributed by atoms with E-state index in [4.69, 9.17) is 11.6 Å². The topological polar surface area (TPSA) is 66.1 Å². The second-order valence-electron chi connectivity index (χ2n) is 10.9. The van der Waals surface area contributed by atoms with Crippen molar-refractivity contribution in [3.63, 3.8) is 0 Å². The van der Waals surface area contributed by atoms with Crippen molar-refractivity contribution in [1.29, 1.82) is 5.26 Å². The molecule has 0 aliphatic rings. The molecule has 220 valence electrons. The minimum absolute atomic E-state index is 0.0960. The minimum Gasteiger partial charge on any atom is -0.305 e. The van der Waals surface area contributed by atoms with Crippen LogP contribution in [0.1, 0.15) is 16.0 Å². The van der Waals surface area contributed by atoms with Gasteiger partial charge in [-0.3, -0.25) is 0 Å². The number of nitrogens with zero attached hydrogens (tertiary/aromatic N) is 3. The van der Waals surface area contributed by atoms with Crippen molar-refractivity contribution < 1.29 is 12.8 Å². The van der Waals surface area contributed by atoms with E-state index in [-0.39, 0.29) is 4.90 Å². The summed E-state index contributed by atoms with van der Waals surface area (Å²) in [5.74, 6) is -0.512. The van der Waals surface area contributed by atoms with Gasteiger partial charge in [0.05, 0.1) is 16.1 Å². The van der Waals surface area contributed by atoms with E-state index in [9.17, 15) is 18.1 Å². The Bertz CT molecular complexity index is 2190. The molecule has 0 fully saturated rings. The highest BCUT2D eigenvalue weighted by Crippen LogP contribution is 2.46. The zero-order valence-corrected chi connectivity index (χ0v) is 26.6. The third kappa shape index (κ3) is 5.33. The van der Waals surface area contributed by atoms with Gasteiger partial charge >= 0.3 is 0 Å². The van der Waals surface area contributed by atoms with Crippen LogP contribution in [0.5, 0.6) is 0 Å².